The van der Waals surface area contributed by atoms with Gasteiger partial charge in [-0.25, -0.2) is 0 Å². The van der Waals surface area contributed by atoms with Gasteiger partial charge >= 0.3 is 23.9 Å². The zero-order chi connectivity index (χ0) is 25.3. The Morgan fingerprint density at radius 1 is 0.714 bits per heavy atom. The molecule has 4 bridgehead atoms. The molecule has 0 aromatic carbocycles. The summed E-state index contributed by atoms with van der Waals surface area (Å²) in [5, 5.41) is 0. The summed E-state index contributed by atoms with van der Waals surface area (Å²) in [6.45, 7) is 5.05. The molecule has 1 heterocycles. The minimum absolute atomic E-state index is 0.0495. The third kappa shape index (κ3) is 6.14. The van der Waals surface area contributed by atoms with Gasteiger partial charge in [-0.1, -0.05) is 0 Å². The summed E-state index contributed by atoms with van der Waals surface area (Å²) in [6, 6.07) is 0. The highest BCUT2D eigenvalue weighted by Gasteiger charge is 2.55. The fourth-order valence-electron chi connectivity index (χ4n) is 7.05. The molecule has 0 spiro atoms. The van der Waals surface area contributed by atoms with Crippen LogP contribution < -0.4 is 0 Å². The zero-order valence-electron chi connectivity index (χ0n) is 20.9. The summed E-state index contributed by atoms with van der Waals surface area (Å²) in [5.41, 5.74) is 0.0495. The standard InChI is InChI=1S/C25H36O10/c1-13(26)30-11-20-21(32-14(2)27)22(33-15(3)28)23(34-16(4)29)24(35-20)31-12-25-8-17-5-18(9-25)7-19(6-17)10-25/h17-24H,5-12H2,1-4H3/t17?,18?,19?,20-,21-,22+,23-,24-,25?/m1/s1. The summed E-state index contributed by atoms with van der Waals surface area (Å²) in [5.74, 6) is -0.317. The molecule has 10 heteroatoms. The molecule has 10 nitrogen and oxygen atoms in total. The minimum atomic E-state index is -1.20. The van der Waals surface area contributed by atoms with E-state index in [0.29, 0.717) is 6.61 Å². The maximum Gasteiger partial charge on any atom is 0.303 e. The molecule has 1 aliphatic heterocycles. The molecule has 0 amide bonds. The van der Waals surface area contributed by atoms with E-state index in [-0.39, 0.29) is 12.0 Å². The zero-order valence-corrected chi connectivity index (χ0v) is 20.9. The Bertz CT molecular complexity index is 803. The molecule has 5 rings (SSSR count). The van der Waals surface area contributed by atoms with E-state index < -0.39 is 54.6 Å². The molecule has 0 aromatic heterocycles. The van der Waals surface area contributed by atoms with Crippen molar-refractivity contribution < 1.29 is 47.6 Å². The summed E-state index contributed by atoms with van der Waals surface area (Å²) < 4.78 is 33.9. The molecule has 4 saturated carbocycles. The van der Waals surface area contributed by atoms with Crippen LogP contribution in [0.5, 0.6) is 0 Å². The van der Waals surface area contributed by atoms with Crippen LogP contribution in [0.15, 0.2) is 0 Å². The van der Waals surface area contributed by atoms with Gasteiger partial charge in [0.15, 0.2) is 24.6 Å². The van der Waals surface area contributed by atoms with Gasteiger partial charge < -0.3 is 28.4 Å². The average Bonchev–Trinajstić information content (AvgIpc) is 2.72. The molecule has 1 saturated heterocycles. The Hall–Kier alpha value is -2.20. The van der Waals surface area contributed by atoms with Crippen molar-refractivity contribution in [2.45, 2.75) is 96.9 Å². The highest BCUT2D eigenvalue weighted by molar-refractivity contribution is 5.68. The highest BCUT2D eigenvalue weighted by Crippen LogP contribution is 2.60. The molecule has 5 atom stereocenters. The molecule has 0 radical (unpaired) electrons. The SMILES string of the molecule is CC(=O)OC[C@H]1O[C@@H](OCC23CC4CC(CC(C4)C2)C3)[C@H](OC(C)=O)[C@@H](OC(C)=O)[C@@H]1OC(C)=O. The van der Waals surface area contributed by atoms with Crippen LogP contribution in [0.1, 0.15) is 66.2 Å². The van der Waals surface area contributed by atoms with Crippen LogP contribution >= 0.6 is 0 Å². The Morgan fingerprint density at radius 2 is 1.20 bits per heavy atom. The Morgan fingerprint density at radius 3 is 1.69 bits per heavy atom. The van der Waals surface area contributed by atoms with E-state index in [1.54, 1.807) is 0 Å². The molecule has 196 valence electrons. The number of rotatable bonds is 8. The fraction of sp³-hybridized carbons (Fsp3) is 0.840. The molecule has 0 unspecified atom stereocenters. The van der Waals surface area contributed by atoms with Gasteiger partial charge in [0.2, 0.25) is 0 Å². The van der Waals surface area contributed by atoms with Crippen molar-refractivity contribution in [1.82, 2.24) is 0 Å². The first-order chi connectivity index (χ1) is 16.5. The smallest absolute Gasteiger partial charge is 0.303 e. The van der Waals surface area contributed by atoms with Crippen LogP contribution in [0.2, 0.25) is 0 Å². The quantitative estimate of drug-likeness (QED) is 0.365. The van der Waals surface area contributed by atoms with Crippen molar-refractivity contribution in [2.75, 3.05) is 13.2 Å². The van der Waals surface area contributed by atoms with Gasteiger partial charge in [-0.05, 0) is 61.7 Å². The van der Waals surface area contributed by atoms with Gasteiger partial charge in [-0.2, -0.15) is 0 Å². The first-order valence-electron chi connectivity index (χ1n) is 12.5. The van der Waals surface area contributed by atoms with Crippen molar-refractivity contribution in [3.05, 3.63) is 0 Å². The molecule has 5 aliphatic rings. The second-order valence-electron chi connectivity index (χ2n) is 10.8. The second-order valence-corrected chi connectivity index (χ2v) is 10.8. The van der Waals surface area contributed by atoms with E-state index in [0.717, 1.165) is 37.0 Å². The minimum Gasteiger partial charge on any atom is -0.463 e. The predicted molar refractivity (Wildman–Crippen MR) is 119 cm³/mol. The third-order valence-corrected chi connectivity index (χ3v) is 7.67. The third-order valence-electron chi connectivity index (χ3n) is 7.67. The van der Waals surface area contributed by atoms with Crippen molar-refractivity contribution in [2.24, 2.45) is 23.2 Å². The number of carbonyl (C=O) groups is 4. The maximum atomic E-state index is 12.0. The van der Waals surface area contributed by atoms with E-state index in [9.17, 15) is 19.2 Å². The number of carbonyl (C=O) groups excluding carboxylic acids is 4. The lowest BCUT2D eigenvalue weighted by Gasteiger charge is -2.57. The molecule has 0 aromatic rings. The molecule has 4 aliphatic carbocycles. The number of hydrogen-bond donors (Lipinski definition) is 0. The van der Waals surface area contributed by atoms with E-state index >= 15 is 0 Å². The van der Waals surface area contributed by atoms with Crippen molar-refractivity contribution in [3.63, 3.8) is 0 Å². The summed E-state index contributed by atoms with van der Waals surface area (Å²) >= 11 is 0. The Balaban J connectivity index is 1.57. The van der Waals surface area contributed by atoms with Crippen molar-refractivity contribution in [3.8, 4) is 0 Å². The first kappa shape index (κ1) is 25.9. The molecule has 0 N–H and O–H groups in total. The Kier molecular flexibility index (Phi) is 7.71. The van der Waals surface area contributed by atoms with Gasteiger partial charge in [-0.15, -0.1) is 0 Å². The van der Waals surface area contributed by atoms with Crippen molar-refractivity contribution >= 4 is 23.9 Å². The summed E-state index contributed by atoms with van der Waals surface area (Å²) in [6.07, 6.45) is 1.57. The van der Waals surface area contributed by atoms with E-state index in [4.69, 9.17) is 28.4 Å². The van der Waals surface area contributed by atoms with Crippen LogP contribution in [-0.4, -0.2) is 67.8 Å². The lowest BCUT2D eigenvalue weighted by atomic mass is 9.50. The van der Waals surface area contributed by atoms with Crippen LogP contribution in [0.4, 0.5) is 0 Å². The largest absolute Gasteiger partial charge is 0.463 e. The van der Waals surface area contributed by atoms with E-state index in [1.165, 1.54) is 47.0 Å². The van der Waals surface area contributed by atoms with Crippen LogP contribution in [0.3, 0.4) is 0 Å². The highest BCUT2D eigenvalue weighted by atomic mass is 16.7. The summed E-state index contributed by atoms with van der Waals surface area (Å²) in [7, 11) is 0. The first-order valence-corrected chi connectivity index (χ1v) is 12.5. The van der Waals surface area contributed by atoms with Gasteiger partial charge in [0, 0.05) is 27.7 Å². The topological polar surface area (TPSA) is 124 Å². The van der Waals surface area contributed by atoms with Crippen LogP contribution in [0, 0.1) is 23.2 Å². The monoisotopic (exact) mass is 496 g/mol. The van der Waals surface area contributed by atoms with Gasteiger partial charge in [-0.3, -0.25) is 19.2 Å². The van der Waals surface area contributed by atoms with Gasteiger partial charge in [0.25, 0.3) is 0 Å². The number of ether oxygens (including phenoxy) is 6. The molecule has 5 fully saturated rings. The number of esters is 4. The van der Waals surface area contributed by atoms with Crippen LogP contribution in [0.25, 0.3) is 0 Å². The molecular weight excluding hydrogens is 460 g/mol. The fourth-order valence-corrected chi connectivity index (χ4v) is 7.05. The summed E-state index contributed by atoms with van der Waals surface area (Å²) in [4.78, 5) is 47.3. The lowest BCUT2D eigenvalue weighted by molar-refractivity contribution is -0.315. The van der Waals surface area contributed by atoms with Gasteiger partial charge in [0.05, 0.1) is 6.61 Å². The normalized spacial score (nSPS) is 39.5. The second kappa shape index (κ2) is 10.4. The average molecular weight is 497 g/mol. The molecule has 35 heavy (non-hydrogen) atoms. The Labute approximate surface area is 205 Å². The maximum absolute atomic E-state index is 12.0. The van der Waals surface area contributed by atoms with Gasteiger partial charge in [0.1, 0.15) is 12.7 Å². The van der Waals surface area contributed by atoms with E-state index in [1.807, 2.05) is 0 Å². The van der Waals surface area contributed by atoms with Crippen LogP contribution in [-0.2, 0) is 47.6 Å². The van der Waals surface area contributed by atoms with E-state index in [2.05, 4.69) is 0 Å². The number of hydrogen-bond acceptors (Lipinski definition) is 10. The molecular formula is C25H36O10. The predicted octanol–water partition coefficient (Wildman–Crippen LogP) is 2.30. The lowest BCUT2D eigenvalue weighted by Crippen LogP contribution is -2.63. The van der Waals surface area contributed by atoms with Crippen molar-refractivity contribution in [1.29, 1.82) is 0 Å².